The fourth-order valence-corrected chi connectivity index (χ4v) is 11.6. The Morgan fingerprint density at radius 3 is 0.972 bits per heavy atom. The van der Waals surface area contributed by atoms with Gasteiger partial charge in [-0.05, 0) is 69.6 Å². The monoisotopic (exact) mass is 1020 g/mol. The first-order valence-corrected chi connectivity index (χ1v) is 31.6. The van der Waals surface area contributed by atoms with Gasteiger partial charge in [0.15, 0.2) is 0 Å². The summed E-state index contributed by atoms with van der Waals surface area (Å²) in [6.45, 7) is 22.1. The molecule has 0 rings (SSSR count). The van der Waals surface area contributed by atoms with E-state index in [0.717, 1.165) is 89.9 Å². The normalized spacial score (nSPS) is 13.6. The van der Waals surface area contributed by atoms with Crippen LogP contribution in [0, 0.1) is 17.3 Å². The maximum Gasteiger partial charge on any atom is 0.351 e. The van der Waals surface area contributed by atoms with Gasteiger partial charge < -0.3 is 18.9 Å². The third-order valence-electron chi connectivity index (χ3n) is 16.3. The summed E-state index contributed by atoms with van der Waals surface area (Å²) in [5.74, 6) is -1.62. The molecule has 8 nitrogen and oxygen atoms in total. The molecule has 0 aliphatic heterocycles. The lowest BCUT2D eigenvalue weighted by atomic mass is 9.55. The molecule has 2 atom stereocenters. The predicted molar refractivity (Wildman–Crippen MR) is 304 cm³/mol. The summed E-state index contributed by atoms with van der Waals surface area (Å²) in [7, 11) is 0. The van der Waals surface area contributed by atoms with Gasteiger partial charge in [-0.15, -0.1) is 0 Å². The van der Waals surface area contributed by atoms with Crippen molar-refractivity contribution in [2.75, 3.05) is 13.2 Å². The number of carbonyl (C=O) groups is 4. The molecular formula is C64H122O8. The van der Waals surface area contributed by atoms with E-state index in [2.05, 4.69) is 55.4 Å². The Labute approximate surface area is 447 Å². The zero-order valence-corrected chi connectivity index (χ0v) is 49.7. The molecule has 0 bridgehead atoms. The van der Waals surface area contributed by atoms with Crippen LogP contribution in [-0.4, -0.2) is 48.3 Å². The van der Waals surface area contributed by atoms with Crippen molar-refractivity contribution in [3.8, 4) is 0 Å². The van der Waals surface area contributed by atoms with E-state index in [9.17, 15) is 19.2 Å². The number of unbranched alkanes of at least 4 members (excludes halogenated alkanes) is 32. The molecule has 8 heteroatoms. The zero-order valence-electron chi connectivity index (χ0n) is 49.7. The smallest absolute Gasteiger partial charge is 0.351 e. The molecule has 0 saturated heterocycles. The Bertz CT molecular complexity index is 1290. The highest BCUT2D eigenvalue weighted by molar-refractivity contribution is 5.85. The highest BCUT2D eigenvalue weighted by atomic mass is 16.6. The molecule has 2 unspecified atom stereocenters. The molecule has 0 aromatic rings. The Kier molecular flexibility index (Phi) is 44.8. The third-order valence-corrected chi connectivity index (χ3v) is 16.3. The second kappa shape index (κ2) is 46.2. The number of esters is 4. The first-order valence-electron chi connectivity index (χ1n) is 31.6. The maximum atomic E-state index is 14.6. The minimum Gasteiger partial charge on any atom is -0.463 e. The molecule has 0 N–H and O–H groups in total. The molecule has 0 saturated carbocycles. The fourth-order valence-electron chi connectivity index (χ4n) is 11.6. The van der Waals surface area contributed by atoms with E-state index in [-0.39, 0.29) is 24.7 Å². The van der Waals surface area contributed by atoms with E-state index >= 15 is 0 Å². The number of hydrogen-bond donors (Lipinski definition) is 0. The number of carbonyl (C=O) groups excluding carboxylic acids is 4. The molecule has 0 radical (unpaired) electrons. The minimum absolute atomic E-state index is 0.0522. The van der Waals surface area contributed by atoms with Gasteiger partial charge in [0.2, 0.25) is 11.2 Å². The summed E-state index contributed by atoms with van der Waals surface area (Å²) in [5.41, 5.74) is -3.36. The standard InChI is InChI=1S/C64H122O8/c1-11-17-21-25-27-29-31-33-35-36-38-40-42-46-52-62(15-5,60(67)69-54-48-23-19-13-3)71-58(65)50-44-45-51-59(66)72-64(16-6,61(68)70-55-49-24-20-14-4)63(56(7)8,57(9)10)53-47-43-41-39-37-34-32-30-28-26-22-18-12-2/h56-57H,11-55H2,1-10H3. The molecular weight excluding hydrogens is 897 g/mol. The van der Waals surface area contributed by atoms with E-state index in [0.29, 0.717) is 45.3 Å². The van der Waals surface area contributed by atoms with Crippen LogP contribution < -0.4 is 0 Å². The molecule has 0 heterocycles. The SMILES string of the molecule is CCCCCCCCCCCCCCCCC(CC)(OC(=O)CCCCC(=O)OC(CC)(C(=O)OCCCCCC)C(CCCCCCCCCCCCCCC)(C(C)C)C(C)C)C(=O)OCCCCCC. The summed E-state index contributed by atoms with van der Waals surface area (Å²) in [6, 6.07) is 0. The molecule has 426 valence electrons. The molecule has 0 fully saturated rings. The van der Waals surface area contributed by atoms with Crippen molar-refractivity contribution >= 4 is 23.9 Å². The minimum atomic E-state index is -1.43. The average molecular weight is 1020 g/mol. The van der Waals surface area contributed by atoms with Crippen LogP contribution in [0.15, 0.2) is 0 Å². The summed E-state index contributed by atoms with van der Waals surface area (Å²) >= 11 is 0. The molecule has 0 aromatic heterocycles. The van der Waals surface area contributed by atoms with E-state index < -0.39 is 40.5 Å². The van der Waals surface area contributed by atoms with Crippen molar-refractivity contribution in [1.82, 2.24) is 0 Å². The largest absolute Gasteiger partial charge is 0.463 e. The van der Waals surface area contributed by atoms with Gasteiger partial charge in [-0.25, -0.2) is 9.59 Å². The van der Waals surface area contributed by atoms with Gasteiger partial charge in [0.25, 0.3) is 0 Å². The van der Waals surface area contributed by atoms with Crippen LogP contribution in [0.25, 0.3) is 0 Å². The topological polar surface area (TPSA) is 105 Å². The van der Waals surface area contributed by atoms with Gasteiger partial charge in [0, 0.05) is 18.3 Å². The van der Waals surface area contributed by atoms with Crippen molar-refractivity contribution < 1.29 is 38.1 Å². The number of hydrogen-bond acceptors (Lipinski definition) is 8. The molecule has 0 amide bonds. The van der Waals surface area contributed by atoms with Gasteiger partial charge in [-0.1, -0.05) is 275 Å². The predicted octanol–water partition coefficient (Wildman–Crippen LogP) is 19.8. The highest BCUT2D eigenvalue weighted by Gasteiger charge is 2.62. The van der Waals surface area contributed by atoms with Gasteiger partial charge in [-0.3, -0.25) is 9.59 Å². The quantitative estimate of drug-likeness (QED) is 0.0337. The van der Waals surface area contributed by atoms with E-state index in [1.54, 1.807) is 0 Å². The fraction of sp³-hybridized carbons (Fsp3) is 0.938. The second-order valence-corrected chi connectivity index (χ2v) is 22.8. The lowest BCUT2D eigenvalue weighted by Crippen LogP contribution is -2.62. The van der Waals surface area contributed by atoms with E-state index in [1.165, 1.54) is 141 Å². The van der Waals surface area contributed by atoms with Gasteiger partial charge in [0.1, 0.15) is 0 Å². The second-order valence-electron chi connectivity index (χ2n) is 22.8. The highest BCUT2D eigenvalue weighted by Crippen LogP contribution is 2.54. The number of ether oxygens (including phenoxy) is 4. The van der Waals surface area contributed by atoms with Crippen molar-refractivity contribution in [3.05, 3.63) is 0 Å². The van der Waals surface area contributed by atoms with Crippen LogP contribution in [0.2, 0.25) is 0 Å². The van der Waals surface area contributed by atoms with E-state index in [1.807, 2.05) is 13.8 Å². The van der Waals surface area contributed by atoms with Crippen molar-refractivity contribution in [3.63, 3.8) is 0 Å². The van der Waals surface area contributed by atoms with Gasteiger partial charge in [0.05, 0.1) is 13.2 Å². The van der Waals surface area contributed by atoms with Crippen LogP contribution in [0.1, 0.15) is 345 Å². The lowest BCUT2D eigenvalue weighted by molar-refractivity contribution is -0.216. The van der Waals surface area contributed by atoms with Crippen LogP contribution in [0.5, 0.6) is 0 Å². The van der Waals surface area contributed by atoms with Crippen molar-refractivity contribution in [2.24, 2.45) is 17.3 Å². The van der Waals surface area contributed by atoms with Gasteiger partial charge in [-0.2, -0.15) is 0 Å². The average Bonchev–Trinajstić information content (AvgIpc) is 3.36. The Balaban J connectivity index is 5.73. The number of rotatable bonds is 53. The molecule has 0 aromatic carbocycles. The van der Waals surface area contributed by atoms with Crippen LogP contribution in [0.3, 0.4) is 0 Å². The summed E-state index contributed by atoms with van der Waals surface area (Å²) in [6.07, 6.45) is 44.7. The molecule has 0 spiro atoms. The summed E-state index contributed by atoms with van der Waals surface area (Å²) < 4.78 is 24.7. The van der Waals surface area contributed by atoms with Crippen molar-refractivity contribution in [1.29, 1.82) is 0 Å². The van der Waals surface area contributed by atoms with Crippen LogP contribution >= 0.6 is 0 Å². The summed E-state index contributed by atoms with van der Waals surface area (Å²) in [4.78, 5) is 56.1. The van der Waals surface area contributed by atoms with Crippen LogP contribution in [-0.2, 0) is 38.1 Å². The van der Waals surface area contributed by atoms with Gasteiger partial charge >= 0.3 is 23.9 Å². The Morgan fingerprint density at radius 1 is 0.333 bits per heavy atom. The first kappa shape index (κ1) is 69.9. The summed E-state index contributed by atoms with van der Waals surface area (Å²) in [5, 5.41) is 0. The molecule has 0 aliphatic rings. The zero-order chi connectivity index (χ0) is 53.6. The Hall–Kier alpha value is -2.12. The molecule has 0 aliphatic carbocycles. The third kappa shape index (κ3) is 29.8. The van der Waals surface area contributed by atoms with E-state index in [4.69, 9.17) is 18.9 Å². The lowest BCUT2D eigenvalue weighted by Gasteiger charge is -2.53. The van der Waals surface area contributed by atoms with Crippen molar-refractivity contribution in [2.45, 2.75) is 357 Å². The molecule has 72 heavy (non-hydrogen) atoms. The van der Waals surface area contributed by atoms with Crippen LogP contribution in [0.4, 0.5) is 0 Å². The first-order chi connectivity index (χ1) is 34.8. The Morgan fingerprint density at radius 2 is 0.639 bits per heavy atom. The maximum absolute atomic E-state index is 14.6.